The number of ether oxygens (including phenoxy) is 1. The third kappa shape index (κ3) is 4.53. The Balaban J connectivity index is 2.26. The third-order valence-corrected chi connectivity index (χ3v) is 4.26. The normalized spacial score (nSPS) is 12.2. The van der Waals surface area contributed by atoms with E-state index in [1.54, 1.807) is 7.11 Å². The zero-order valence-corrected chi connectivity index (χ0v) is 15.2. The van der Waals surface area contributed by atoms with E-state index >= 15 is 0 Å². The Labute approximate surface area is 142 Å². The van der Waals surface area contributed by atoms with Crippen LogP contribution in [0.1, 0.15) is 24.2 Å². The van der Waals surface area contributed by atoms with Crippen LogP contribution in [0.2, 0.25) is 0 Å². The summed E-state index contributed by atoms with van der Waals surface area (Å²) in [5.41, 5.74) is 2.24. The van der Waals surface area contributed by atoms with Crippen LogP contribution in [0.3, 0.4) is 0 Å². The number of nitrogens with one attached hydrogen (secondary N) is 1. The highest BCUT2D eigenvalue weighted by molar-refractivity contribution is 9.11. The van der Waals surface area contributed by atoms with Gasteiger partial charge in [0, 0.05) is 15.1 Å². The van der Waals surface area contributed by atoms with E-state index in [0.29, 0.717) is 0 Å². The van der Waals surface area contributed by atoms with Gasteiger partial charge in [0.1, 0.15) is 5.75 Å². The summed E-state index contributed by atoms with van der Waals surface area (Å²) in [6, 6.07) is 10.3. The number of halogens is 2. The molecule has 0 saturated carbocycles. The molecule has 5 heteroatoms. The fourth-order valence-electron chi connectivity index (χ4n) is 2.23. The fraction of sp³-hybridized carbons (Fsp3) is 0.312. The van der Waals surface area contributed by atoms with Gasteiger partial charge in [-0.2, -0.15) is 0 Å². The highest BCUT2D eigenvalue weighted by atomic mass is 79.9. The average molecular weight is 414 g/mol. The number of methoxy groups -OCH3 is 1. The van der Waals surface area contributed by atoms with Crippen LogP contribution in [-0.2, 0) is 6.42 Å². The number of aromatic nitrogens is 1. The molecule has 0 aliphatic rings. The maximum absolute atomic E-state index is 5.29. The topological polar surface area (TPSA) is 34.1 Å². The SMILES string of the molecule is CCNC(Cc1cccc(OC)c1)c1ncc(Br)cc1Br. The minimum absolute atomic E-state index is 0.157. The first-order valence-corrected chi connectivity index (χ1v) is 8.40. The molecule has 0 fully saturated rings. The first-order chi connectivity index (χ1) is 10.1. The predicted octanol–water partition coefficient (Wildman–Crippen LogP) is 4.51. The molecular weight excluding hydrogens is 396 g/mol. The van der Waals surface area contributed by atoms with Gasteiger partial charge in [-0.25, -0.2) is 0 Å². The van der Waals surface area contributed by atoms with E-state index in [0.717, 1.165) is 33.4 Å². The van der Waals surface area contributed by atoms with Gasteiger partial charge in [-0.05, 0) is 68.6 Å². The van der Waals surface area contributed by atoms with Gasteiger partial charge in [-0.15, -0.1) is 0 Å². The molecule has 0 bridgehead atoms. The van der Waals surface area contributed by atoms with Crippen molar-refractivity contribution < 1.29 is 4.74 Å². The van der Waals surface area contributed by atoms with Crippen LogP contribution in [-0.4, -0.2) is 18.6 Å². The maximum atomic E-state index is 5.29. The molecule has 0 amide bonds. The zero-order chi connectivity index (χ0) is 15.2. The number of rotatable bonds is 6. The third-order valence-electron chi connectivity index (χ3n) is 3.19. The lowest BCUT2D eigenvalue weighted by Gasteiger charge is -2.19. The molecule has 0 spiro atoms. The second kappa shape index (κ2) is 7.92. The van der Waals surface area contributed by atoms with Crippen LogP contribution in [0.15, 0.2) is 45.5 Å². The van der Waals surface area contributed by atoms with Crippen LogP contribution >= 0.6 is 31.9 Å². The Hall–Kier alpha value is -0.910. The van der Waals surface area contributed by atoms with Crippen LogP contribution in [0.4, 0.5) is 0 Å². The van der Waals surface area contributed by atoms with Gasteiger partial charge in [-0.1, -0.05) is 19.1 Å². The summed E-state index contributed by atoms with van der Waals surface area (Å²) in [5.74, 6) is 0.880. The molecule has 1 aromatic heterocycles. The number of benzene rings is 1. The van der Waals surface area contributed by atoms with Crippen molar-refractivity contribution in [3.63, 3.8) is 0 Å². The summed E-state index contributed by atoms with van der Waals surface area (Å²) in [4.78, 5) is 4.55. The monoisotopic (exact) mass is 412 g/mol. The first kappa shape index (κ1) is 16.5. The van der Waals surface area contributed by atoms with E-state index in [-0.39, 0.29) is 6.04 Å². The Kier molecular flexibility index (Phi) is 6.21. The number of pyridine rings is 1. The van der Waals surface area contributed by atoms with E-state index in [4.69, 9.17) is 4.74 Å². The Morgan fingerprint density at radius 1 is 1.29 bits per heavy atom. The highest BCUT2D eigenvalue weighted by Gasteiger charge is 2.16. The quantitative estimate of drug-likeness (QED) is 0.756. The van der Waals surface area contributed by atoms with E-state index in [2.05, 4.69) is 61.2 Å². The molecule has 0 radical (unpaired) electrons. The highest BCUT2D eigenvalue weighted by Crippen LogP contribution is 2.27. The van der Waals surface area contributed by atoms with Gasteiger partial charge in [0.15, 0.2) is 0 Å². The lowest BCUT2D eigenvalue weighted by atomic mass is 10.0. The average Bonchev–Trinajstić information content (AvgIpc) is 2.47. The number of hydrogen-bond donors (Lipinski definition) is 1. The van der Waals surface area contributed by atoms with Crippen molar-refractivity contribution in [1.29, 1.82) is 0 Å². The second-order valence-electron chi connectivity index (χ2n) is 4.69. The van der Waals surface area contributed by atoms with Crippen molar-refractivity contribution in [3.05, 3.63) is 56.7 Å². The molecule has 1 unspecified atom stereocenters. The van der Waals surface area contributed by atoms with Gasteiger partial charge in [0.05, 0.1) is 18.8 Å². The summed E-state index contributed by atoms with van der Waals surface area (Å²) in [7, 11) is 1.69. The molecular formula is C16H18Br2N2O. The van der Waals surface area contributed by atoms with Gasteiger partial charge in [0.2, 0.25) is 0 Å². The Bertz CT molecular complexity index is 605. The summed E-state index contributed by atoms with van der Waals surface area (Å²) in [5, 5.41) is 3.50. The van der Waals surface area contributed by atoms with Gasteiger partial charge in [0.25, 0.3) is 0 Å². The molecule has 0 aliphatic carbocycles. The Morgan fingerprint density at radius 3 is 2.76 bits per heavy atom. The molecule has 0 aliphatic heterocycles. The lowest BCUT2D eigenvalue weighted by Crippen LogP contribution is -2.24. The standard InChI is InChI=1S/C16H18Br2N2O/c1-3-19-15(16-14(18)9-12(17)10-20-16)8-11-5-4-6-13(7-11)21-2/h4-7,9-10,15,19H,3,8H2,1-2H3. The van der Waals surface area contributed by atoms with Gasteiger partial charge >= 0.3 is 0 Å². The van der Waals surface area contributed by atoms with Crippen molar-refractivity contribution in [2.24, 2.45) is 0 Å². The molecule has 2 rings (SSSR count). The van der Waals surface area contributed by atoms with E-state index in [9.17, 15) is 0 Å². The fourth-order valence-corrected chi connectivity index (χ4v) is 3.49. The summed E-state index contributed by atoms with van der Waals surface area (Å²) in [6.07, 6.45) is 2.69. The van der Waals surface area contributed by atoms with Crippen molar-refractivity contribution >= 4 is 31.9 Å². The predicted molar refractivity (Wildman–Crippen MR) is 92.8 cm³/mol. The van der Waals surface area contributed by atoms with Crippen molar-refractivity contribution in [2.45, 2.75) is 19.4 Å². The van der Waals surface area contributed by atoms with Crippen molar-refractivity contribution in [1.82, 2.24) is 10.3 Å². The van der Waals surface area contributed by atoms with Gasteiger partial charge < -0.3 is 10.1 Å². The minimum atomic E-state index is 0.157. The van der Waals surface area contributed by atoms with Crippen molar-refractivity contribution in [3.8, 4) is 5.75 Å². The van der Waals surface area contributed by atoms with Crippen LogP contribution in [0.25, 0.3) is 0 Å². The second-order valence-corrected chi connectivity index (χ2v) is 6.46. The van der Waals surface area contributed by atoms with E-state index in [1.165, 1.54) is 5.56 Å². The largest absolute Gasteiger partial charge is 0.497 e. The number of hydrogen-bond acceptors (Lipinski definition) is 3. The molecule has 21 heavy (non-hydrogen) atoms. The molecule has 112 valence electrons. The maximum Gasteiger partial charge on any atom is 0.119 e. The summed E-state index contributed by atoms with van der Waals surface area (Å²) >= 11 is 7.04. The van der Waals surface area contributed by atoms with E-state index < -0.39 is 0 Å². The smallest absolute Gasteiger partial charge is 0.119 e. The van der Waals surface area contributed by atoms with Crippen LogP contribution in [0, 0.1) is 0 Å². The van der Waals surface area contributed by atoms with Gasteiger partial charge in [-0.3, -0.25) is 4.98 Å². The number of nitrogens with zero attached hydrogens (tertiary/aromatic N) is 1. The minimum Gasteiger partial charge on any atom is -0.497 e. The molecule has 1 N–H and O–H groups in total. The molecule has 3 nitrogen and oxygen atoms in total. The van der Waals surface area contributed by atoms with Crippen LogP contribution in [0.5, 0.6) is 5.75 Å². The molecule has 2 aromatic rings. The summed E-state index contributed by atoms with van der Waals surface area (Å²) < 4.78 is 7.26. The molecule has 1 atom stereocenters. The van der Waals surface area contributed by atoms with E-state index in [1.807, 2.05) is 24.4 Å². The zero-order valence-electron chi connectivity index (χ0n) is 12.1. The van der Waals surface area contributed by atoms with Crippen LogP contribution < -0.4 is 10.1 Å². The molecule has 0 saturated heterocycles. The number of likely N-dealkylation sites (N-methyl/N-ethyl adjacent to an activating group) is 1. The van der Waals surface area contributed by atoms with Crippen molar-refractivity contribution in [2.75, 3.05) is 13.7 Å². The lowest BCUT2D eigenvalue weighted by molar-refractivity contribution is 0.413. The first-order valence-electron chi connectivity index (χ1n) is 6.81. The Morgan fingerprint density at radius 2 is 2.10 bits per heavy atom. The summed E-state index contributed by atoms with van der Waals surface area (Å²) in [6.45, 7) is 2.99. The molecule has 1 heterocycles. The molecule has 1 aromatic carbocycles.